The second-order valence-corrected chi connectivity index (χ2v) is 3.08. The van der Waals surface area contributed by atoms with Gasteiger partial charge in [0.15, 0.2) is 0 Å². The minimum absolute atomic E-state index is 0.540. The van der Waals surface area contributed by atoms with Gasteiger partial charge in [-0.05, 0) is 22.3 Å². The smallest absolute Gasteiger partial charge is 0.0283 e. The van der Waals surface area contributed by atoms with Crippen LogP contribution >= 0.6 is 22.6 Å². The van der Waals surface area contributed by atoms with Crippen molar-refractivity contribution < 1.29 is 0 Å². The molecule has 0 aromatic heterocycles. The average Bonchev–Trinajstić information content (AvgIpc) is 1.85. The Balaban J connectivity index is 3.25. The van der Waals surface area contributed by atoms with E-state index in [-0.39, 0.29) is 0 Å². The molecule has 0 aliphatic rings. The van der Waals surface area contributed by atoms with E-state index in [1.165, 1.54) is 0 Å². The van der Waals surface area contributed by atoms with E-state index in [9.17, 15) is 0 Å². The molecule has 52 valence electrons. The Kier molecular flexibility index (Phi) is 6.19. The third-order valence-corrected chi connectivity index (χ3v) is 1.68. The molecule has 0 aliphatic carbocycles. The van der Waals surface area contributed by atoms with Gasteiger partial charge in [-0.25, -0.2) is 0 Å². The molecule has 1 unspecified atom stereocenters. The lowest BCUT2D eigenvalue weighted by Gasteiger charge is -2.01. The number of hydrogen-bond acceptors (Lipinski definition) is 1. The minimum Gasteiger partial charge on any atom is -0.0937 e. The summed E-state index contributed by atoms with van der Waals surface area (Å²) in [6, 6.07) is 0. The molecule has 0 radical (unpaired) electrons. The van der Waals surface area contributed by atoms with E-state index in [0.29, 0.717) is 12.5 Å². The van der Waals surface area contributed by atoms with Crippen LogP contribution in [0.4, 0.5) is 0 Å². The largest absolute Gasteiger partial charge is 0.0937 e. The summed E-state index contributed by atoms with van der Waals surface area (Å²) in [6.07, 6.45) is 1.14. The number of rotatable bonds is 4. The van der Waals surface area contributed by atoms with E-state index in [2.05, 4.69) is 39.5 Å². The SMILES string of the molecule is CC(CCI)CN=[N+]=[N-]. The Hall–Kier alpha value is 0.0400. The summed E-state index contributed by atoms with van der Waals surface area (Å²) in [5, 5.41) is 3.47. The highest BCUT2D eigenvalue weighted by Gasteiger charge is 1.96. The van der Waals surface area contributed by atoms with Gasteiger partial charge < -0.3 is 0 Å². The van der Waals surface area contributed by atoms with Crippen LogP contribution in [0.3, 0.4) is 0 Å². The molecular formula is C5H10IN3. The van der Waals surface area contributed by atoms with E-state index >= 15 is 0 Å². The van der Waals surface area contributed by atoms with E-state index < -0.39 is 0 Å². The van der Waals surface area contributed by atoms with Crippen molar-refractivity contribution in [3.8, 4) is 0 Å². The van der Waals surface area contributed by atoms with Gasteiger partial charge in [0.05, 0.1) is 0 Å². The molecule has 0 aromatic rings. The first kappa shape index (κ1) is 9.04. The van der Waals surface area contributed by atoms with Crippen LogP contribution in [0.25, 0.3) is 10.4 Å². The van der Waals surface area contributed by atoms with Gasteiger partial charge >= 0.3 is 0 Å². The molecule has 1 atom stereocenters. The van der Waals surface area contributed by atoms with Crippen molar-refractivity contribution in [3.05, 3.63) is 10.4 Å². The number of alkyl halides is 1. The van der Waals surface area contributed by atoms with Crippen molar-refractivity contribution in [2.45, 2.75) is 13.3 Å². The van der Waals surface area contributed by atoms with Crippen LogP contribution in [-0.4, -0.2) is 11.0 Å². The highest BCUT2D eigenvalue weighted by atomic mass is 127. The molecule has 0 aliphatic heterocycles. The third kappa shape index (κ3) is 5.92. The van der Waals surface area contributed by atoms with Gasteiger partial charge in [0, 0.05) is 11.5 Å². The zero-order chi connectivity index (χ0) is 7.11. The molecule has 0 rings (SSSR count). The summed E-state index contributed by atoms with van der Waals surface area (Å²) in [5.41, 5.74) is 7.94. The zero-order valence-corrected chi connectivity index (χ0v) is 7.58. The minimum atomic E-state index is 0.540. The lowest BCUT2D eigenvalue weighted by atomic mass is 10.1. The Morgan fingerprint density at radius 2 is 2.44 bits per heavy atom. The molecule has 4 heteroatoms. The van der Waals surface area contributed by atoms with Gasteiger partial charge in [0.25, 0.3) is 0 Å². The van der Waals surface area contributed by atoms with Gasteiger partial charge in [-0.1, -0.05) is 34.6 Å². The predicted octanol–water partition coefficient (Wildman–Crippen LogP) is 2.76. The first-order chi connectivity index (χ1) is 4.31. The van der Waals surface area contributed by atoms with Crippen LogP contribution in [-0.2, 0) is 0 Å². The quantitative estimate of drug-likeness (QED) is 0.238. The van der Waals surface area contributed by atoms with Crippen LogP contribution in [0, 0.1) is 5.92 Å². The summed E-state index contributed by atoms with van der Waals surface area (Å²) in [7, 11) is 0. The third-order valence-electron chi connectivity index (χ3n) is 1.06. The fourth-order valence-corrected chi connectivity index (χ4v) is 1.52. The number of azide groups is 1. The molecular weight excluding hydrogens is 229 g/mol. The van der Waals surface area contributed by atoms with Crippen molar-refractivity contribution in [3.63, 3.8) is 0 Å². The molecule has 0 amide bonds. The predicted molar refractivity (Wildman–Crippen MR) is 46.7 cm³/mol. The fraction of sp³-hybridized carbons (Fsp3) is 1.00. The zero-order valence-electron chi connectivity index (χ0n) is 5.42. The van der Waals surface area contributed by atoms with Crippen molar-refractivity contribution in [1.82, 2.24) is 0 Å². The molecule has 0 saturated heterocycles. The Morgan fingerprint density at radius 3 is 2.89 bits per heavy atom. The summed E-state index contributed by atoms with van der Waals surface area (Å²) in [4.78, 5) is 2.68. The maximum absolute atomic E-state index is 7.94. The van der Waals surface area contributed by atoms with Crippen LogP contribution in [0.5, 0.6) is 0 Å². The van der Waals surface area contributed by atoms with Gasteiger partial charge in [-0.3, -0.25) is 0 Å². The van der Waals surface area contributed by atoms with Gasteiger partial charge in [0.2, 0.25) is 0 Å². The second-order valence-electron chi connectivity index (χ2n) is 2.00. The highest BCUT2D eigenvalue weighted by Crippen LogP contribution is 2.04. The Morgan fingerprint density at radius 1 is 1.78 bits per heavy atom. The summed E-state index contributed by atoms with van der Waals surface area (Å²) < 4.78 is 1.14. The van der Waals surface area contributed by atoms with Crippen molar-refractivity contribution in [1.29, 1.82) is 0 Å². The number of nitrogens with zero attached hydrogens (tertiary/aromatic N) is 3. The Labute approximate surface area is 68.6 Å². The van der Waals surface area contributed by atoms with E-state index in [1.54, 1.807) is 0 Å². The van der Waals surface area contributed by atoms with Gasteiger partial charge in [0.1, 0.15) is 0 Å². The normalized spacial score (nSPS) is 12.2. The lowest BCUT2D eigenvalue weighted by Crippen LogP contribution is -1.98. The van der Waals surface area contributed by atoms with Crippen LogP contribution in [0.2, 0.25) is 0 Å². The van der Waals surface area contributed by atoms with Crippen LogP contribution < -0.4 is 0 Å². The molecule has 0 fully saturated rings. The first-order valence-corrected chi connectivity index (χ1v) is 4.40. The maximum atomic E-state index is 7.94. The molecule has 0 bridgehead atoms. The van der Waals surface area contributed by atoms with Crippen molar-refractivity contribution in [2.24, 2.45) is 11.0 Å². The topological polar surface area (TPSA) is 48.8 Å². The number of halogens is 1. The van der Waals surface area contributed by atoms with E-state index in [1.807, 2.05) is 0 Å². The molecule has 0 aromatic carbocycles. The van der Waals surface area contributed by atoms with Gasteiger partial charge in [-0.15, -0.1) is 0 Å². The molecule has 0 N–H and O–H groups in total. The fourth-order valence-electron chi connectivity index (χ4n) is 0.453. The number of hydrogen-bond donors (Lipinski definition) is 0. The summed E-state index contributed by atoms with van der Waals surface area (Å²) in [5.74, 6) is 0.540. The summed E-state index contributed by atoms with van der Waals surface area (Å²) in [6.45, 7) is 2.73. The van der Waals surface area contributed by atoms with Crippen molar-refractivity contribution >= 4 is 22.6 Å². The monoisotopic (exact) mass is 239 g/mol. The maximum Gasteiger partial charge on any atom is 0.0283 e. The summed E-state index contributed by atoms with van der Waals surface area (Å²) >= 11 is 2.32. The van der Waals surface area contributed by atoms with E-state index in [4.69, 9.17) is 5.53 Å². The lowest BCUT2D eigenvalue weighted by molar-refractivity contribution is 0.583. The molecule has 0 heterocycles. The van der Waals surface area contributed by atoms with E-state index in [0.717, 1.165) is 10.8 Å². The average molecular weight is 239 g/mol. The highest BCUT2D eigenvalue weighted by molar-refractivity contribution is 14.1. The molecule has 0 saturated carbocycles. The first-order valence-electron chi connectivity index (χ1n) is 2.88. The van der Waals surface area contributed by atoms with Gasteiger partial charge in [-0.2, -0.15) is 0 Å². The van der Waals surface area contributed by atoms with Crippen molar-refractivity contribution in [2.75, 3.05) is 11.0 Å². The molecule has 3 nitrogen and oxygen atoms in total. The van der Waals surface area contributed by atoms with Crippen LogP contribution in [0.1, 0.15) is 13.3 Å². The van der Waals surface area contributed by atoms with Crippen LogP contribution in [0.15, 0.2) is 5.11 Å². The Bertz CT molecular complexity index is 109. The second kappa shape index (κ2) is 6.16. The molecule has 0 spiro atoms. The molecule has 9 heavy (non-hydrogen) atoms. The standard InChI is InChI=1S/C5H10IN3/c1-5(2-3-6)4-8-9-7/h5H,2-4H2,1H3.